The van der Waals surface area contributed by atoms with Gasteiger partial charge < -0.3 is 4.74 Å². The number of halogens is 3. The second-order valence-corrected chi connectivity index (χ2v) is 5.67. The molecule has 0 N–H and O–H groups in total. The normalized spacial score (nSPS) is 22.2. The summed E-state index contributed by atoms with van der Waals surface area (Å²) in [6.07, 6.45) is 0.611. The van der Waals surface area contributed by atoms with Crippen molar-refractivity contribution in [1.29, 1.82) is 5.26 Å². The molecule has 1 unspecified atom stereocenters. The maximum atomic E-state index is 12.1. The number of hydrogen-bond acceptors (Lipinski definition) is 3. The van der Waals surface area contributed by atoms with Gasteiger partial charge in [0.1, 0.15) is 12.4 Å². The highest BCUT2D eigenvalue weighted by molar-refractivity contribution is 8.00. The zero-order valence-corrected chi connectivity index (χ0v) is 10.9. The number of thioether (sulfide) groups is 1. The number of nitriles is 1. The van der Waals surface area contributed by atoms with E-state index < -0.39 is 10.9 Å². The van der Waals surface area contributed by atoms with Crippen molar-refractivity contribution in [3.05, 3.63) is 29.8 Å². The van der Waals surface area contributed by atoms with E-state index in [2.05, 4.69) is 6.07 Å². The highest BCUT2D eigenvalue weighted by atomic mass is 32.2. The number of ether oxygens (including phenoxy) is 1. The molecule has 19 heavy (non-hydrogen) atoms. The second-order valence-electron chi connectivity index (χ2n) is 4.51. The van der Waals surface area contributed by atoms with Gasteiger partial charge in [-0.15, -0.1) is 0 Å². The van der Waals surface area contributed by atoms with Gasteiger partial charge in [-0.3, -0.25) is 0 Å². The van der Waals surface area contributed by atoms with E-state index in [-0.39, 0.29) is 30.5 Å². The van der Waals surface area contributed by atoms with E-state index in [1.54, 1.807) is 6.07 Å². The first-order valence-electron chi connectivity index (χ1n) is 5.77. The van der Waals surface area contributed by atoms with Crippen LogP contribution >= 0.6 is 11.8 Å². The van der Waals surface area contributed by atoms with Crippen LogP contribution in [0.3, 0.4) is 0 Å². The zero-order chi connectivity index (χ0) is 13.9. The smallest absolute Gasteiger partial charge is 0.441 e. The van der Waals surface area contributed by atoms with Crippen LogP contribution in [0.15, 0.2) is 24.3 Å². The van der Waals surface area contributed by atoms with E-state index in [9.17, 15) is 18.4 Å². The molecule has 0 bridgehead atoms. The Bertz CT molecular complexity index is 497. The van der Waals surface area contributed by atoms with Gasteiger partial charge in [0, 0.05) is 5.75 Å². The fourth-order valence-corrected chi connectivity index (χ4v) is 2.80. The molecule has 1 aliphatic heterocycles. The van der Waals surface area contributed by atoms with Gasteiger partial charge in [-0.1, -0.05) is 30.0 Å². The predicted octanol–water partition coefficient (Wildman–Crippen LogP) is 3.77. The third-order valence-electron chi connectivity index (χ3n) is 3.09. The minimum absolute atomic E-state index is 0.0842. The summed E-state index contributed by atoms with van der Waals surface area (Å²) < 4.78 is 41.9. The van der Waals surface area contributed by atoms with E-state index in [4.69, 9.17) is 4.74 Å². The van der Waals surface area contributed by atoms with Crippen molar-refractivity contribution in [3.63, 3.8) is 0 Å². The largest absolute Gasteiger partial charge is 0.492 e. The lowest BCUT2D eigenvalue weighted by Crippen LogP contribution is -2.34. The van der Waals surface area contributed by atoms with Crippen LogP contribution in [0.25, 0.3) is 0 Å². The van der Waals surface area contributed by atoms with E-state index in [1.807, 2.05) is 18.2 Å². The van der Waals surface area contributed by atoms with Crippen LogP contribution in [0.2, 0.25) is 0 Å². The van der Waals surface area contributed by atoms with Gasteiger partial charge in [0.05, 0.1) is 11.5 Å². The Balaban J connectivity index is 2.04. The number of nitrogens with zero attached hydrogens (tertiary/aromatic N) is 1. The van der Waals surface area contributed by atoms with Gasteiger partial charge in [-0.25, -0.2) is 0 Å². The summed E-state index contributed by atoms with van der Waals surface area (Å²) in [6.45, 7) is 0.152. The van der Waals surface area contributed by atoms with Crippen LogP contribution in [0.4, 0.5) is 13.2 Å². The molecular formula is C13H12F3NOS. The Morgan fingerprint density at radius 3 is 2.79 bits per heavy atom. The van der Waals surface area contributed by atoms with Crippen molar-refractivity contribution in [2.75, 3.05) is 12.4 Å². The topological polar surface area (TPSA) is 33.0 Å². The molecule has 0 aliphatic carbocycles. The number of benzene rings is 1. The van der Waals surface area contributed by atoms with Crippen LogP contribution in [0, 0.1) is 16.7 Å². The Morgan fingerprint density at radius 1 is 1.37 bits per heavy atom. The molecule has 6 heteroatoms. The number of fused-ring (bicyclic) bond motifs is 1. The molecule has 0 saturated heterocycles. The summed E-state index contributed by atoms with van der Waals surface area (Å²) >= 11 is -0.0842. The molecular weight excluding hydrogens is 275 g/mol. The quantitative estimate of drug-likeness (QED) is 0.848. The number of para-hydroxylation sites is 1. The van der Waals surface area contributed by atoms with Crippen LogP contribution in [0.1, 0.15) is 12.0 Å². The summed E-state index contributed by atoms with van der Waals surface area (Å²) in [4.78, 5) is 0. The summed E-state index contributed by atoms with van der Waals surface area (Å²) in [6, 6.07) is 9.45. The van der Waals surface area contributed by atoms with Gasteiger partial charge in [0.2, 0.25) is 0 Å². The first kappa shape index (κ1) is 14.1. The number of rotatable bonds is 3. The van der Waals surface area contributed by atoms with Crippen LogP contribution in [0.5, 0.6) is 5.75 Å². The van der Waals surface area contributed by atoms with Crippen LogP contribution in [-0.2, 0) is 6.42 Å². The molecule has 0 aromatic heterocycles. The van der Waals surface area contributed by atoms with Crippen molar-refractivity contribution in [1.82, 2.24) is 0 Å². The monoisotopic (exact) mass is 287 g/mol. The van der Waals surface area contributed by atoms with Gasteiger partial charge >= 0.3 is 5.51 Å². The summed E-state index contributed by atoms with van der Waals surface area (Å²) in [5.74, 6) is 0.597. The molecule has 1 atom stereocenters. The highest BCUT2D eigenvalue weighted by Gasteiger charge is 2.37. The lowest BCUT2D eigenvalue weighted by atomic mass is 9.79. The fraction of sp³-hybridized carbons (Fsp3) is 0.462. The molecule has 0 radical (unpaired) electrons. The van der Waals surface area contributed by atoms with E-state index in [1.165, 1.54) is 0 Å². The molecule has 1 heterocycles. The molecule has 102 valence electrons. The number of alkyl halides is 3. The molecule has 2 rings (SSSR count). The zero-order valence-electron chi connectivity index (χ0n) is 10.0. The molecule has 0 amide bonds. The van der Waals surface area contributed by atoms with E-state index >= 15 is 0 Å². The fourth-order valence-electron chi connectivity index (χ4n) is 2.07. The summed E-state index contributed by atoms with van der Waals surface area (Å²) in [5, 5.41) is 9.28. The van der Waals surface area contributed by atoms with Gasteiger partial charge in [0.15, 0.2) is 0 Å². The maximum absolute atomic E-state index is 12.1. The van der Waals surface area contributed by atoms with Crippen molar-refractivity contribution < 1.29 is 17.9 Å². The lowest BCUT2D eigenvalue weighted by Gasteiger charge is -2.32. The molecule has 0 saturated carbocycles. The van der Waals surface area contributed by atoms with E-state index in [0.717, 1.165) is 11.3 Å². The Kier molecular flexibility index (Phi) is 3.95. The Labute approximate surface area is 113 Å². The van der Waals surface area contributed by atoms with Gasteiger partial charge in [-0.05, 0) is 24.5 Å². The standard InChI is InChI=1S/C13H12F3NOS/c14-13(15,16)19-6-5-12(8-17)7-10-3-1-2-4-11(10)18-9-12/h1-4H,5-7,9H2. The Morgan fingerprint density at radius 2 is 2.11 bits per heavy atom. The molecule has 0 spiro atoms. The molecule has 2 nitrogen and oxygen atoms in total. The lowest BCUT2D eigenvalue weighted by molar-refractivity contribution is -0.0329. The molecule has 1 aromatic carbocycles. The first-order valence-corrected chi connectivity index (χ1v) is 6.75. The van der Waals surface area contributed by atoms with Crippen LogP contribution < -0.4 is 4.74 Å². The van der Waals surface area contributed by atoms with Crippen LogP contribution in [-0.4, -0.2) is 17.9 Å². The highest BCUT2D eigenvalue weighted by Crippen LogP contribution is 2.39. The average molecular weight is 287 g/mol. The first-order chi connectivity index (χ1) is 8.94. The molecule has 1 aromatic rings. The summed E-state index contributed by atoms with van der Waals surface area (Å²) in [7, 11) is 0. The number of hydrogen-bond donors (Lipinski definition) is 0. The van der Waals surface area contributed by atoms with E-state index in [0.29, 0.717) is 6.42 Å². The minimum atomic E-state index is -4.25. The van der Waals surface area contributed by atoms with Crippen molar-refractivity contribution >= 4 is 11.8 Å². The molecule has 0 fully saturated rings. The van der Waals surface area contributed by atoms with Crippen molar-refractivity contribution in [2.24, 2.45) is 5.41 Å². The SMILES string of the molecule is N#CC1(CCSC(F)(F)F)COc2ccccc2C1. The second kappa shape index (κ2) is 5.33. The average Bonchev–Trinajstić information content (AvgIpc) is 2.37. The van der Waals surface area contributed by atoms with Gasteiger partial charge in [-0.2, -0.15) is 18.4 Å². The maximum Gasteiger partial charge on any atom is 0.441 e. The van der Waals surface area contributed by atoms with Crippen molar-refractivity contribution in [3.8, 4) is 11.8 Å². The van der Waals surface area contributed by atoms with Gasteiger partial charge in [0.25, 0.3) is 0 Å². The third kappa shape index (κ3) is 3.57. The predicted molar refractivity (Wildman–Crippen MR) is 66.8 cm³/mol. The third-order valence-corrected chi connectivity index (χ3v) is 3.82. The molecule has 1 aliphatic rings. The Hall–Kier alpha value is -1.35. The minimum Gasteiger partial charge on any atom is -0.492 e. The summed E-state index contributed by atoms with van der Waals surface area (Å²) in [5.41, 5.74) is -4.22. The van der Waals surface area contributed by atoms with Crippen molar-refractivity contribution in [2.45, 2.75) is 18.3 Å².